The van der Waals surface area contributed by atoms with Crippen molar-refractivity contribution in [3.8, 4) is 0 Å². The predicted molar refractivity (Wildman–Crippen MR) is 65.6 cm³/mol. The third kappa shape index (κ3) is 4.73. The van der Waals surface area contributed by atoms with E-state index in [1.54, 1.807) is 6.07 Å². The van der Waals surface area contributed by atoms with Crippen molar-refractivity contribution in [2.24, 2.45) is 4.99 Å². The Morgan fingerprint density at radius 3 is 2.13 bits per heavy atom. The van der Waals surface area contributed by atoms with Crippen LogP contribution in [-0.4, -0.2) is 6.72 Å². The van der Waals surface area contributed by atoms with Crippen LogP contribution >= 0.6 is 0 Å². The van der Waals surface area contributed by atoms with Gasteiger partial charge < -0.3 is 0 Å². The van der Waals surface area contributed by atoms with Gasteiger partial charge in [0.1, 0.15) is 11.5 Å². The summed E-state index contributed by atoms with van der Waals surface area (Å²) in [6.45, 7) is 9.63. The lowest BCUT2D eigenvalue weighted by Crippen LogP contribution is -1.84. The molecule has 84 valence electrons. The van der Waals surface area contributed by atoms with Crippen LogP contribution in [0.3, 0.4) is 0 Å². The topological polar surface area (TPSA) is 12.4 Å². The molecule has 0 amide bonds. The van der Waals surface area contributed by atoms with Gasteiger partial charge in [0, 0.05) is 0 Å². The summed E-state index contributed by atoms with van der Waals surface area (Å²) in [5.74, 6) is -0.292. The number of hydrogen-bond acceptors (Lipinski definition) is 1. The van der Waals surface area contributed by atoms with Crippen LogP contribution in [0.15, 0.2) is 23.2 Å². The molecule has 0 saturated carbocycles. The normalized spacial score (nSPS) is 9.07. The number of nitrogens with zero attached hydrogens (tertiary/aromatic N) is 1. The monoisotopic (exact) mass is 209 g/mol. The fourth-order valence-corrected chi connectivity index (χ4v) is 1.02. The van der Waals surface area contributed by atoms with E-state index >= 15 is 0 Å². The number of halogens is 1. The van der Waals surface area contributed by atoms with E-state index in [2.05, 4.69) is 25.6 Å². The zero-order chi connectivity index (χ0) is 11.7. The molecule has 0 bridgehead atoms. The van der Waals surface area contributed by atoms with Crippen molar-refractivity contribution >= 4 is 12.4 Å². The van der Waals surface area contributed by atoms with Gasteiger partial charge in [-0.2, -0.15) is 0 Å². The smallest absolute Gasteiger partial charge is 0.149 e. The van der Waals surface area contributed by atoms with E-state index in [-0.39, 0.29) is 5.82 Å². The second-order valence-electron chi connectivity index (χ2n) is 3.26. The van der Waals surface area contributed by atoms with Crippen LogP contribution in [0.2, 0.25) is 0 Å². The Morgan fingerprint density at radius 2 is 1.80 bits per heavy atom. The molecule has 0 spiro atoms. The van der Waals surface area contributed by atoms with Gasteiger partial charge in [0.2, 0.25) is 0 Å². The summed E-state index contributed by atoms with van der Waals surface area (Å²) in [5.41, 5.74) is 1.29. The maximum atomic E-state index is 12.9. The number of aryl methyl sites for hydroxylation is 1. The molecule has 0 N–H and O–H groups in total. The molecule has 0 aromatic heterocycles. The highest BCUT2D eigenvalue weighted by atomic mass is 19.1. The Labute approximate surface area is 92.1 Å². The first kappa shape index (κ1) is 13.8. The molecule has 0 radical (unpaired) electrons. The first-order chi connectivity index (χ1) is 7.21. The van der Waals surface area contributed by atoms with E-state index in [0.717, 1.165) is 12.0 Å². The highest BCUT2D eigenvalue weighted by molar-refractivity contribution is 5.52. The molecule has 1 rings (SSSR count). The molecule has 0 heterocycles. The van der Waals surface area contributed by atoms with E-state index in [9.17, 15) is 4.39 Å². The number of aliphatic imine (C=N–C) groups is 1. The fourth-order valence-electron chi connectivity index (χ4n) is 1.02. The summed E-state index contributed by atoms with van der Waals surface area (Å²) in [6.07, 6.45) is 3.42. The van der Waals surface area contributed by atoms with Crippen LogP contribution < -0.4 is 0 Å². The molecule has 0 aliphatic heterocycles. The molecule has 0 saturated heterocycles. The van der Waals surface area contributed by atoms with Gasteiger partial charge in [0.25, 0.3) is 0 Å². The van der Waals surface area contributed by atoms with Crippen molar-refractivity contribution in [2.45, 2.75) is 40.0 Å². The molecule has 0 fully saturated rings. The van der Waals surface area contributed by atoms with Crippen LogP contribution in [0, 0.1) is 5.82 Å². The van der Waals surface area contributed by atoms with E-state index in [1.165, 1.54) is 18.9 Å². The highest BCUT2D eigenvalue weighted by Crippen LogP contribution is 2.22. The third-order valence-electron chi connectivity index (χ3n) is 2.11. The summed E-state index contributed by atoms with van der Waals surface area (Å²) in [7, 11) is 0. The van der Waals surface area contributed by atoms with Crippen LogP contribution in [-0.2, 0) is 6.42 Å². The quantitative estimate of drug-likeness (QED) is 0.649. The molecule has 0 atom stereocenters. The van der Waals surface area contributed by atoms with Crippen LogP contribution in [0.5, 0.6) is 0 Å². The lowest BCUT2D eigenvalue weighted by molar-refractivity contribution is 0.628. The second-order valence-corrected chi connectivity index (χ2v) is 3.26. The van der Waals surface area contributed by atoms with E-state index in [0.29, 0.717) is 5.69 Å². The fraction of sp³-hybridized carbons (Fsp3) is 0.462. The number of rotatable bonds is 3. The molecular formula is C13H20FN. The van der Waals surface area contributed by atoms with Gasteiger partial charge in [0.15, 0.2) is 0 Å². The maximum Gasteiger partial charge on any atom is 0.149 e. The molecule has 0 aliphatic rings. The maximum absolute atomic E-state index is 12.9. The minimum absolute atomic E-state index is 0.292. The van der Waals surface area contributed by atoms with Crippen molar-refractivity contribution in [2.75, 3.05) is 0 Å². The van der Waals surface area contributed by atoms with Gasteiger partial charge in [-0.1, -0.05) is 45.7 Å². The van der Waals surface area contributed by atoms with Gasteiger partial charge in [-0.15, -0.1) is 0 Å². The molecule has 2 heteroatoms. The van der Waals surface area contributed by atoms with E-state index in [4.69, 9.17) is 0 Å². The lowest BCUT2D eigenvalue weighted by atomic mass is 10.1. The van der Waals surface area contributed by atoms with E-state index < -0.39 is 0 Å². The average Bonchev–Trinajstić information content (AvgIpc) is 2.29. The van der Waals surface area contributed by atoms with Gasteiger partial charge in [-0.3, -0.25) is 4.99 Å². The summed E-state index contributed by atoms with van der Waals surface area (Å²) in [5, 5.41) is 0. The van der Waals surface area contributed by atoms with Gasteiger partial charge in [-0.25, -0.2) is 4.39 Å². The second kappa shape index (κ2) is 8.16. The van der Waals surface area contributed by atoms with Crippen molar-refractivity contribution in [1.29, 1.82) is 0 Å². The molecule has 0 aliphatic carbocycles. The predicted octanol–water partition coefficient (Wildman–Crippen LogP) is 4.53. The van der Waals surface area contributed by atoms with Gasteiger partial charge in [-0.05, 0) is 24.8 Å². The SMILES string of the molecule is C=Nc1c(F)cccc1CC.CCCC. The van der Waals surface area contributed by atoms with Crippen LogP contribution in [0.4, 0.5) is 10.1 Å². The zero-order valence-electron chi connectivity index (χ0n) is 9.89. The molecule has 15 heavy (non-hydrogen) atoms. The number of hydrogen-bond donors (Lipinski definition) is 0. The van der Waals surface area contributed by atoms with Crippen LogP contribution in [0.25, 0.3) is 0 Å². The summed E-state index contributed by atoms with van der Waals surface area (Å²) in [4.78, 5) is 3.62. The first-order valence-electron chi connectivity index (χ1n) is 5.45. The highest BCUT2D eigenvalue weighted by Gasteiger charge is 2.02. The largest absolute Gasteiger partial charge is 0.261 e. The van der Waals surface area contributed by atoms with Crippen molar-refractivity contribution in [3.05, 3.63) is 29.6 Å². The Bertz CT molecular complexity index is 293. The van der Waals surface area contributed by atoms with Gasteiger partial charge in [0.05, 0.1) is 0 Å². The number of unbranched alkanes of at least 4 members (excludes halogenated alkanes) is 1. The Balaban J connectivity index is 0.000000423. The summed E-state index contributed by atoms with van der Waals surface area (Å²) >= 11 is 0. The molecule has 1 aromatic rings. The molecule has 1 nitrogen and oxygen atoms in total. The standard InChI is InChI=1S/C9H10FN.C4H10/c1-3-7-5-4-6-8(10)9(7)11-2;1-3-4-2/h4-6H,2-3H2,1H3;3-4H2,1-2H3. The summed E-state index contributed by atoms with van der Waals surface area (Å²) in [6, 6.07) is 4.93. The molecule has 1 aromatic carbocycles. The van der Waals surface area contributed by atoms with Crippen molar-refractivity contribution < 1.29 is 4.39 Å². The Hall–Kier alpha value is -1.18. The number of benzene rings is 1. The summed E-state index contributed by atoms with van der Waals surface area (Å²) < 4.78 is 12.9. The first-order valence-corrected chi connectivity index (χ1v) is 5.45. The minimum atomic E-state index is -0.292. The lowest BCUT2D eigenvalue weighted by Gasteiger charge is -2.01. The van der Waals surface area contributed by atoms with E-state index in [1.807, 2.05) is 13.0 Å². The minimum Gasteiger partial charge on any atom is -0.261 e. The number of para-hydroxylation sites is 1. The third-order valence-corrected chi connectivity index (χ3v) is 2.11. The Morgan fingerprint density at radius 1 is 1.20 bits per heavy atom. The van der Waals surface area contributed by atoms with Crippen molar-refractivity contribution in [1.82, 2.24) is 0 Å². The van der Waals surface area contributed by atoms with Crippen molar-refractivity contribution in [3.63, 3.8) is 0 Å². The molecule has 0 unspecified atom stereocenters. The van der Waals surface area contributed by atoms with Crippen LogP contribution in [0.1, 0.15) is 39.2 Å². The molecular weight excluding hydrogens is 189 g/mol. The Kier molecular flexibility index (Phi) is 7.51. The van der Waals surface area contributed by atoms with Gasteiger partial charge >= 0.3 is 0 Å². The zero-order valence-corrected chi connectivity index (χ0v) is 9.89. The average molecular weight is 209 g/mol.